The van der Waals surface area contributed by atoms with E-state index >= 15 is 0 Å². The van der Waals surface area contributed by atoms with Crippen LogP contribution in [0.5, 0.6) is 5.75 Å². The maximum Gasteiger partial charge on any atom is 0.220 e. The maximum atomic E-state index is 13.6. The Morgan fingerprint density at radius 1 is 1.20 bits per heavy atom. The molecule has 1 N–H and O–H groups in total. The Morgan fingerprint density at radius 2 is 1.96 bits per heavy atom. The maximum absolute atomic E-state index is 13.6. The highest BCUT2D eigenvalue weighted by Gasteiger charge is 2.16. The van der Waals surface area contributed by atoms with Crippen molar-refractivity contribution < 1.29 is 13.9 Å². The fraction of sp³-hybridized carbons (Fsp3) is 0.350. The van der Waals surface area contributed by atoms with Crippen molar-refractivity contribution in [3.05, 3.63) is 65.5 Å². The fourth-order valence-electron chi connectivity index (χ4n) is 2.70. The average Bonchev–Trinajstić information content (AvgIpc) is 2.61. The van der Waals surface area contributed by atoms with Gasteiger partial charge in [0.15, 0.2) is 0 Å². The Morgan fingerprint density at radius 3 is 2.64 bits per heavy atom. The highest BCUT2D eigenvalue weighted by atomic mass is 19.1. The van der Waals surface area contributed by atoms with Gasteiger partial charge in [-0.25, -0.2) is 4.39 Å². The van der Waals surface area contributed by atoms with Crippen LogP contribution >= 0.6 is 0 Å². The summed E-state index contributed by atoms with van der Waals surface area (Å²) in [6.07, 6.45) is 0.656. The first-order valence-electron chi connectivity index (χ1n) is 8.31. The predicted octanol–water partition coefficient (Wildman–Crippen LogP) is 3.19. The second kappa shape index (κ2) is 9.18. The molecule has 2 aromatic carbocycles. The van der Waals surface area contributed by atoms with Crippen molar-refractivity contribution in [1.29, 1.82) is 0 Å². The molecular formula is C20H25FN2O2. The number of hydrogen-bond acceptors (Lipinski definition) is 3. The van der Waals surface area contributed by atoms with Gasteiger partial charge in [-0.3, -0.25) is 4.79 Å². The first kappa shape index (κ1) is 18.9. The Hall–Kier alpha value is -2.40. The predicted molar refractivity (Wildman–Crippen MR) is 97.2 cm³/mol. The van der Waals surface area contributed by atoms with Gasteiger partial charge in [0.2, 0.25) is 5.91 Å². The minimum atomic E-state index is -0.266. The van der Waals surface area contributed by atoms with Crippen LogP contribution in [0.1, 0.15) is 23.6 Å². The van der Waals surface area contributed by atoms with Crippen molar-refractivity contribution in [2.45, 2.75) is 18.9 Å². The van der Waals surface area contributed by atoms with Crippen LogP contribution in [0.4, 0.5) is 4.39 Å². The van der Waals surface area contributed by atoms with Gasteiger partial charge in [0.1, 0.15) is 11.6 Å². The van der Waals surface area contributed by atoms with Gasteiger partial charge in [-0.1, -0.05) is 30.3 Å². The number of carbonyl (C=O) groups is 1. The highest BCUT2D eigenvalue weighted by Crippen LogP contribution is 2.22. The summed E-state index contributed by atoms with van der Waals surface area (Å²) in [7, 11) is 5.57. The third-order valence-electron chi connectivity index (χ3n) is 4.17. The first-order chi connectivity index (χ1) is 12.0. The van der Waals surface area contributed by atoms with Crippen LogP contribution in [0.15, 0.2) is 48.5 Å². The van der Waals surface area contributed by atoms with E-state index in [0.29, 0.717) is 18.5 Å². The van der Waals surface area contributed by atoms with E-state index in [-0.39, 0.29) is 24.2 Å². The summed E-state index contributed by atoms with van der Waals surface area (Å²) < 4.78 is 18.9. The number of halogens is 1. The lowest BCUT2D eigenvalue weighted by atomic mass is 10.1. The highest BCUT2D eigenvalue weighted by molar-refractivity contribution is 5.76. The van der Waals surface area contributed by atoms with Gasteiger partial charge >= 0.3 is 0 Å². The lowest BCUT2D eigenvalue weighted by Gasteiger charge is -2.25. The molecule has 0 aliphatic heterocycles. The third kappa shape index (κ3) is 5.57. The Labute approximate surface area is 148 Å². The van der Waals surface area contributed by atoms with Gasteiger partial charge in [-0.05, 0) is 49.8 Å². The van der Waals surface area contributed by atoms with Gasteiger partial charge in [-0.15, -0.1) is 0 Å². The summed E-state index contributed by atoms with van der Waals surface area (Å²) in [5.74, 6) is 0.436. The number of amides is 1. The van der Waals surface area contributed by atoms with Crippen molar-refractivity contribution in [2.24, 2.45) is 0 Å². The zero-order valence-corrected chi connectivity index (χ0v) is 15.0. The molecule has 134 valence electrons. The monoisotopic (exact) mass is 344 g/mol. The molecule has 0 fully saturated rings. The molecule has 0 bridgehead atoms. The van der Waals surface area contributed by atoms with Crippen LogP contribution in [-0.4, -0.2) is 38.6 Å². The number of nitrogens with one attached hydrogen (secondary N) is 1. The van der Waals surface area contributed by atoms with Gasteiger partial charge in [-0.2, -0.15) is 0 Å². The molecule has 1 amide bonds. The van der Waals surface area contributed by atoms with E-state index in [9.17, 15) is 9.18 Å². The van der Waals surface area contributed by atoms with Crippen LogP contribution < -0.4 is 10.1 Å². The van der Waals surface area contributed by atoms with Gasteiger partial charge in [0.25, 0.3) is 0 Å². The molecule has 0 radical (unpaired) electrons. The summed E-state index contributed by atoms with van der Waals surface area (Å²) in [5, 5.41) is 2.95. The van der Waals surface area contributed by atoms with E-state index in [0.717, 1.165) is 11.3 Å². The van der Waals surface area contributed by atoms with E-state index in [2.05, 4.69) is 5.32 Å². The van der Waals surface area contributed by atoms with Crippen molar-refractivity contribution >= 4 is 5.91 Å². The molecule has 0 spiro atoms. The van der Waals surface area contributed by atoms with Crippen molar-refractivity contribution in [2.75, 3.05) is 27.7 Å². The Kier molecular flexibility index (Phi) is 6.95. The van der Waals surface area contributed by atoms with Crippen LogP contribution in [0.2, 0.25) is 0 Å². The van der Waals surface area contributed by atoms with Crippen LogP contribution in [-0.2, 0) is 11.2 Å². The minimum absolute atomic E-state index is 0.0347. The summed E-state index contributed by atoms with van der Waals surface area (Å²) in [6, 6.07) is 14.4. The van der Waals surface area contributed by atoms with Crippen LogP contribution in [0.25, 0.3) is 0 Å². The lowest BCUT2D eigenvalue weighted by Crippen LogP contribution is -2.34. The molecule has 2 rings (SSSR count). The van der Waals surface area contributed by atoms with Crippen molar-refractivity contribution in [1.82, 2.24) is 10.2 Å². The zero-order valence-electron chi connectivity index (χ0n) is 15.0. The molecule has 0 heterocycles. The molecular weight excluding hydrogens is 319 g/mol. The first-order valence-corrected chi connectivity index (χ1v) is 8.31. The molecule has 0 aromatic heterocycles. The summed E-state index contributed by atoms with van der Waals surface area (Å²) in [5.41, 5.74) is 1.63. The van der Waals surface area contributed by atoms with Crippen molar-refractivity contribution in [3.63, 3.8) is 0 Å². The molecule has 0 aliphatic carbocycles. The van der Waals surface area contributed by atoms with Crippen LogP contribution in [0, 0.1) is 5.82 Å². The number of likely N-dealkylation sites (N-methyl/N-ethyl adjacent to an activating group) is 1. The quantitative estimate of drug-likeness (QED) is 0.800. The van der Waals surface area contributed by atoms with E-state index in [4.69, 9.17) is 4.74 Å². The number of nitrogens with zero attached hydrogens (tertiary/aromatic N) is 1. The number of benzene rings is 2. The molecule has 4 nitrogen and oxygen atoms in total. The van der Waals surface area contributed by atoms with E-state index in [1.165, 1.54) is 6.07 Å². The molecule has 0 saturated carbocycles. The Balaban J connectivity index is 1.92. The second-order valence-corrected chi connectivity index (χ2v) is 6.15. The largest absolute Gasteiger partial charge is 0.497 e. The normalized spacial score (nSPS) is 12.0. The van der Waals surface area contributed by atoms with E-state index in [1.54, 1.807) is 25.3 Å². The number of methoxy groups -OCH3 is 1. The van der Waals surface area contributed by atoms with Gasteiger partial charge in [0.05, 0.1) is 13.2 Å². The van der Waals surface area contributed by atoms with E-state index in [1.807, 2.05) is 43.3 Å². The second-order valence-electron chi connectivity index (χ2n) is 6.15. The van der Waals surface area contributed by atoms with Crippen molar-refractivity contribution in [3.8, 4) is 5.75 Å². The summed E-state index contributed by atoms with van der Waals surface area (Å²) in [6.45, 7) is 0.482. The number of ether oxygens (including phenoxy) is 1. The molecule has 25 heavy (non-hydrogen) atoms. The minimum Gasteiger partial charge on any atom is -0.497 e. The lowest BCUT2D eigenvalue weighted by molar-refractivity contribution is -0.121. The number of hydrogen-bond donors (Lipinski definition) is 1. The Bertz CT molecular complexity index is 704. The van der Waals surface area contributed by atoms with Crippen LogP contribution in [0.3, 0.4) is 0 Å². The third-order valence-corrected chi connectivity index (χ3v) is 4.17. The summed E-state index contributed by atoms with van der Waals surface area (Å²) >= 11 is 0. The molecule has 0 saturated heterocycles. The molecule has 5 heteroatoms. The molecule has 0 aliphatic rings. The zero-order chi connectivity index (χ0) is 18.2. The fourth-order valence-corrected chi connectivity index (χ4v) is 2.70. The molecule has 1 unspecified atom stereocenters. The smallest absolute Gasteiger partial charge is 0.220 e. The van der Waals surface area contributed by atoms with Gasteiger partial charge < -0.3 is 15.0 Å². The number of rotatable bonds is 8. The van der Waals surface area contributed by atoms with Gasteiger partial charge in [0, 0.05) is 13.0 Å². The van der Waals surface area contributed by atoms with E-state index < -0.39 is 0 Å². The topological polar surface area (TPSA) is 41.6 Å². The summed E-state index contributed by atoms with van der Waals surface area (Å²) in [4.78, 5) is 14.2. The number of carbonyl (C=O) groups excluding carboxylic acids is 1. The average molecular weight is 344 g/mol. The SMILES string of the molecule is COc1cccc(C(CNC(=O)CCc2ccccc2F)N(C)C)c1. The number of aryl methyl sites for hydroxylation is 1. The standard InChI is InChI=1S/C20H25FN2O2/c1-23(2)19(16-8-6-9-17(13-16)25-3)14-22-20(24)12-11-15-7-4-5-10-18(15)21/h4-10,13,19H,11-12,14H2,1-3H3,(H,22,24). The molecule has 2 aromatic rings. The molecule has 1 atom stereocenters.